The molecule has 0 aliphatic heterocycles. The summed E-state index contributed by atoms with van der Waals surface area (Å²) in [6.45, 7) is 0.0394. The first kappa shape index (κ1) is 17.2. The molecule has 1 aromatic carbocycles. The van der Waals surface area contributed by atoms with E-state index in [4.69, 9.17) is 0 Å². The molecule has 0 aliphatic rings. The molecular formula is C16H14FNO3S3. The van der Waals surface area contributed by atoms with E-state index in [9.17, 15) is 17.9 Å². The Labute approximate surface area is 147 Å². The number of aliphatic hydroxyl groups excluding tert-OH is 1. The van der Waals surface area contributed by atoms with Gasteiger partial charge in [-0.15, -0.1) is 11.3 Å². The Hall–Kier alpha value is -1.58. The van der Waals surface area contributed by atoms with E-state index in [-0.39, 0.29) is 11.4 Å². The quantitative estimate of drug-likeness (QED) is 0.685. The van der Waals surface area contributed by atoms with Crippen molar-refractivity contribution in [3.63, 3.8) is 0 Å². The van der Waals surface area contributed by atoms with Crippen molar-refractivity contribution < 1.29 is 17.9 Å². The van der Waals surface area contributed by atoms with Gasteiger partial charge in [0.25, 0.3) is 0 Å². The Morgan fingerprint density at radius 1 is 1.17 bits per heavy atom. The number of thiophene rings is 2. The summed E-state index contributed by atoms with van der Waals surface area (Å²) in [5.41, 5.74) is 0.806. The predicted molar refractivity (Wildman–Crippen MR) is 93.1 cm³/mol. The number of nitrogens with one attached hydrogen (secondary N) is 1. The highest BCUT2D eigenvalue weighted by Crippen LogP contribution is 2.29. The molecule has 1 unspecified atom stereocenters. The molecule has 0 spiro atoms. The molecule has 0 fully saturated rings. The third-order valence-corrected chi connectivity index (χ3v) is 6.65. The maximum atomic E-state index is 13.6. The first-order valence-electron chi connectivity index (χ1n) is 7.00. The highest BCUT2D eigenvalue weighted by Gasteiger charge is 2.19. The van der Waals surface area contributed by atoms with E-state index >= 15 is 0 Å². The monoisotopic (exact) mass is 383 g/mol. The van der Waals surface area contributed by atoms with Gasteiger partial charge in [0, 0.05) is 16.3 Å². The number of aliphatic hydroxyl groups is 1. The number of rotatable bonds is 6. The van der Waals surface area contributed by atoms with Gasteiger partial charge in [-0.2, -0.15) is 11.3 Å². The van der Waals surface area contributed by atoms with Gasteiger partial charge >= 0.3 is 0 Å². The Kier molecular flexibility index (Phi) is 5.12. The molecule has 4 nitrogen and oxygen atoms in total. The third kappa shape index (κ3) is 3.73. The topological polar surface area (TPSA) is 66.4 Å². The highest BCUT2D eigenvalue weighted by atomic mass is 32.2. The summed E-state index contributed by atoms with van der Waals surface area (Å²) in [4.78, 5) is 1.09. The molecule has 1 atom stereocenters. The Morgan fingerprint density at radius 3 is 2.67 bits per heavy atom. The maximum absolute atomic E-state index is 13.6. The van der Waals surface area contributed by atoms with E-state index in [1.165, 1.54) is 40.9 Å². The van der Waals surface area contributed by atoms with Crippen molar-refractivity contribution >= 4 is 32.7 Å². The molecule has 2 heterocycles. The maximum Gasteiger partial charge on any atom is 0.243 e. The van der Waals surface area contributed by atoms with Crippen LogP contribution in [0.15, 0.2) is 58.1 Å². The summed E-state index contributed by atoms with van der Waals surface area (Å²) in [6.07, 6.45) is -0.724. The average molecular weight is 383 g/mol. The van der Waals surface area contributed by atoms with Gasteiger partial charge in [-0.3, -0.25) is 0 Å². The van der Waals surface area contributed by atoms with E-state index in [1.807, 2.05) is 16.8 Å². The zero-order valence-electron chi connectivity index (χ0n) is 12.3. The first-order chi connectivity index (χ1) is 11.5. The summed E-state index contributed by atoms with van der Waals surface area (Å²) in [5.74, 6) is -0.787. The highest BCUT2D eigenvalue weighted by molar-refractivity contribution is 7.89. The number of halogens is 1. The minimum absolute atomic E-state index is 0.0394. The fourth-order valence-corrected chi connectivity index (χ4v) is 4.96. The van der Waals surface area contributed by atoms with Crippen molar-refractivity contribution in [1.29, 1.82) is 0 Å². The van der Waals surface area contributed by atoms with Gasteiger partial charge in [-0.1, -0.05) is 12.1 Å². The second-order valence-electron chi connectivity index (χ2n) is 5.02. The standard InChI is InChI=1S/C16H14FNO3S3/c17-13-3-1-2-4-15(13)24(20,21)18-9-12-5-6-14(23-12)16(19)11-7-8-22-10-11/h1-8,10,16,18-19H,9H2. The summed E-state index contributed by atoms with van der Waals surface area (Å²) < 4.78 is 40.3. The molecule has 8 heteroatoms. The Balaban J connectivity index is 1.71. The van der Waals surface area contributed by atoms with Crippen LogP contribution in [-0.2, 0) is 16.6 Å². The van der Waals surface area contributed by atoms with Crippen LogP contribution in [0.5, 0.6) is 0 Å². The second kappa shape index (κ2) is 7.12. The molecule has 0 saturated carbocycles. The molecule has 0 amide bonds. The molecule has 3 aromatic rings. The van der Waals surface area contributed by atoms with E-state index in [0.29, 0.717) is 0 Å². The summed E-state index contributed by atoms with van der Waals surface area (Å²) in [5, 5.41) is 14.0. The molecule has 2 aromatic heterocycles. The minimum atomic E-state index is -3.92. The normalized spacial score (nSPS) is 13.1. The third-order valence-electron chi connectivity index (χ3n) is 3.37. The smallest absolute Gasteiger partial charge is 0.243 e. The summed E-state index contributed by atoms with van der Waals surface area (Å²) >= 11 is 2.81. The van der Waals surface area contributed by atoms with E-state index in [1.54, 1.807) is 12.1 Å². The van der Waals surface area contributed by atoms with Gasteiger partial charge in [0.15, 0.2) is 0 Å². The molecular weight excluding hydrogens is 369 g/mol. The first-order valence-corrected chi connectivity index (χ1v) is 10.2. The predicted octanol–water partition coefficient (Wildman–Crippen LogP) is 3.51. The number of hydrogen-bond acceptors (Lipinski definition) is 5. The van der Waals surface area contributed by atoms with Gasteiger partial charge in [-0.25, -0.2) is 17.5 Å². The number of sulfonamides is 1. The molecule has 24 heavy (non-hydrogen) atoms. The molecule has 0 radical (unpaired) electrons. The van der Waals surface area contributed by atoms with Crippen LogP contribution in [0.25, 0.3) is 0 Å². The van der Waals surface area contributed by atoms with Crippen molar-refractivity contribution in [2.75, 3.05) is 0 Å². The van der Waals surface area contributed by atoms with Crippen molar-refractivity contribution in [1.82, 2.24) is 4.72 Å². The van der Waals surface area contributed by atoms with E-state index in [2.05, 4.69) is 4.72 Å². The minimum Gasteiger partial charge on any atom is -0.383 e. The number of hydrogen-bond donors (Lipinski definition) is 2. The van der Waals surface area contributed by atoms with Gasteiger partial charge in [-0.05, 0) is 46.7 Å². The molecule has 2 N–H and O–H groups in total. The van der Waals surface area contributed by atoms with Crippen LogP contribution in [0.2, 0.25) is 0 Å². The largest absolute Gasteiger partial charge is 0.383 e. The van der Waals surface area contributed by atoms with Crippen molar-refractivity contribution in [3.05, 3.63) is 74.4 Å². The van der Waals surface area contributed by atoms with Crippen molar-refractivity contribution in [2.45, 2.75) is 17.5 Å². The van der Waals surface area contributed by atoms with Crippen LogP contribution < -0.4 is 4.72 Å². The molecule has 0 bridgehead atoms. The fourth-order valence-electron chi connectivity index (χ4n) is 2.14. The average Bonchev–Trinajstić information content (AvgIpc) is 3.24. The Bertz CT molecular complexity index is 920. The van der Waals surface area contributed by atoms with Gasteiger partial charge in [0.05, 0.1) is 0 Å². The molecule has 0 aliphatic carbocycles. The zero-order valence-corrected chi connectivity index (χ0v) is 14.8. The fraction of sp³-hybridized carbons (Fsp3) is 0.125. The van der Waals surface area contributed by atoms with Crippen LogP contribution >= 0.6 is 22.7 Å². The summed E-state index contributed by atoms with van der Waals surface area (Å²) in [6, 6.07) is 10.6. The van der Waals surface area contributed by atoms with Crippen LogP contribution in [-0.4, -0.2) is 13.5 Å². The van der Waals surface area contributed by atoms with Crippen LogP contribution in [0.1, 0.15) is 21.4 Å². The molecule has 126 valence electrons. The van der Waals surface area contributed by atoms with Crippen LogP contribution in [0.4, 0.5) is 4.39 Å². The van der Waals surface area contributed by atoms with Gasteiger partial charge < -0.3 is 5.11 Å². The summed E-state index contributed by atoms with van der Waals surface area (Å²) in [7, 11) is -3.92. The lowest BCUT2D eigenvalue weighted by Gasteiger charge is -2.07. The van der Waals surface area contributed by atoms with E-state index < -0.39 is 21.9 Å². The SMILES string of the molecule is O=S(=O)(NCc1ccc(C(O)c2ccsc2)s1)c1ccccc1F. The lowest BCUT2D eigenvalue weighted by Crippen LogP contribution is -2.23. The van der Waals surface area contributed by atoms with Crippen LogP contribution in [0, 0.1) is 5.82 Å². The lowest BCUT2D eigenvalue weighted by molar-refractivity contribution is 0.224. The second-order valence-corrected chi connectivity index (χ2v) is 8.73. The molecule has 3 rings (SSSR count). The van der Waals surface area contributed by atoms with Crippen LogP contribution in [0.3, 0.4) is 0 Å². The van der Waals surface area contributed by atoms with Gasteiger partial charge in [0.2, 0.25) is 10.0 Å². The lowest BCUT2D eigenvalue weighted by atomic mass is 10.2. The molecule has 0 saturated heterocycles. The Morgan fingerprint density at radius 2 is 1.96 bits per heavy atom. The van der Waals surface area contributed by atoms with Crippen molar-refractivity contribution in [3.8, 4) is 0 Å². The number of benzene rings is 1. The van der Waals surface area contributed by atoms with E-state index in [0.717, 1.165) is 21.4 Å². The van der Waals surface area contributed by atoms with Crippen molar-refractivity contribution in [2.24, 2.45) is 0 Å². The van der Waals surface area contributed by atoms with Gasteiger partial charge in [0.1, 0.15) is 16.8 Å². The zero-order chi connectivity index (χ0) is 17.2.